The third-order valence-corrected chi connectivity index (χ3v) is 4.50. The second-order valence-electron chi connectivity index (χ2n) is 6.42. The van der Waals surface area contributed by atoms with Crippen molar-refractivity contribution in [1.82, 2.24) is 0 Å². The zero-order chi connectivity index (χ0) is 21.5. The molecule has 0 unspecified atom stereocenters. The van der Waals surface area contributed by atoms with E-state index < -0.39 is 49.3 Å². The summed E-state index contributed by atoms with van der Waals surface area (Å²) in [6.45, 7) is -0.615. The largest absolute Gasteiger partial charge is 0.455 e. The SMILES string of the molecule is O=CO[C@@H]1[C@@H](OC(=O)c2ccccc2)[C@@H]([C@@H](CO)OC(=O)c2ccccc2)O[C@H]1O. The predicted octanol–water partition coefficient (Wildman–Crippen LogP) is 0.689. The number of carbonyl (C=O) groups excluding carboxylic acids is 3. The van der Waals surface area contributed by atoms with Crippen LogP contribution in [0.2, 0.25) is 0 Å². The van der Waals surface area contributed by atoms with Gasteiger partial charge < -0.3 is 29.2 Å². The summed E-state index contributed by atoms with van der Waals surface area (Å²) in [5.41, 5.74) is 0.442. The van der Waals surface area contributed by atoms with Crippen LogP contribution in [-0.2, 0) is 23.7 Å². The Labute approximate surface area is 171 Å². The number of aliphatic hydroxyl groups is 2. The Kier molecular flexibility index (Phi) is 7.12. The number of hydrogen-bond donors (Lipinski definition) is 2. The molecule has 9 nitrogen and oxygen atoms in total. The lowest BCUT2D eigenvalue weighted by Gasteiger charge is -2.27. The molecule has 2 N–H and O–H groups in total. The summed E-state index contributed by atoms with van der Waals surface area (Å²) in [6.07, 6.45) is -6.95. The number of carbonyl (C=O) groups is 3. The van der Waals surface area contributed by atoms with E-state index in [-0.39, 0.29) is 17.6 Å². The summed E-state index contributed by atoms with van der Waals surface area (Å²) in [5, 5.41) is 19.9. The first kappa shape index (κ1) is 21.4. The number of aliphatic hydroxyl groups excluding tert-OH is 2. The van der Waals surface area contributed by atoms with Crippen LogP contribution in [0.4, 0.5) is 0 Å². The lowest BCUT2D eigenvalue weighted by molar-refractivity contribution is -0.166. The Bertz CT molecular complexity index is 855. The molecule has 0 amide bonds. The highest BCUT2D eigenvalue weighted by atomic mass is 16.7. The number of hydrogen-bond acceptors (Lipinski definition) is 9. The van der Waals surface area contributed by atoms with Crippen molar-refractivity contribution in [3.8, 4) is 0 Å². The molecule has 1 aliphatic heterocycles. The third kappa shape index (κ3) is 4.82. The monoisotopic (exact) mass is 416 g/mol. The van der Waals surface area contributed by atoms with Gasteiger partial charge in [-0.05, 0) is 24.3 Å². The highest BCUT2D eigenvalue weighted by Crippen LogP contribution is 2.29. The molecule has 0 radical (unpaired) electrons. The van der Waals surface area contributed by atoms with Crippen molar-refractivity contribution in [2.75, 3.05) is 6.61 Å². The summed E-state index contributed by atoms with van der Waals surface area (Å²) in [5.74, 6) is -1.52. The first-order valence-corrected chi connectivity index (χ1v) is 9.10. The molecule has 3 rings (SSSR count). The van der Waals surface area contributed by atoms with Crippen LogP contribution in [-0.4, -0.2) is 65.9 Å². The van der Waals surface area contributed by atoms with E-state index in [1.807, 2.05) is 0 Å². The quantitative estimate of drug-likeness (QED) is 0.363. The minimum atomic E-state index is -1.65. The Morgan fingerprint density at radius 2 is 1.53 bits per heavy atom. The van der Waals surface area contributed by atoms with Crippen LogP contribution < -0.4 is 0 Å². The van der Waals surface area contributed by atoms with E-state index in [0.717, 1.165) is 0 Å². The molecule has 1 aliphatic rings. The van der Waals surface area contributed by atoms with Gasteiger partial charge in [-0.2, -0.15) is 0 Å². The molecule has 2 aromatic carbocycles. The number of rotatable bonds is 8. The summed E-state index contributed by atoms with van der Waals surface area (Å²) in [7, 11) is 0. The molecule has 0 aliphatic carbocycles. The van der Waals surface area contributed by atoms with Gasteiger partial charge in [0.25, 0.3) is 6.47 Å². The van der Waals surface area contributed by atoms with E-state index in [9.17, 15) is 24.6 Å². The van der Waals surface area contributed by atoms with Gasteiger partial charge in [0.1, 0.15) is 6.10 Å². The molecule has 5 atom stereocenters. The van der Waals surface area contributed by atoms with Crippen LogP contribution in [0, 0.1) is 0 Å². The third-order valence-electron chi connectivity index (χ3n) is 4.50. The maximum Gasteiger partial charge on any atom is 0.338 e. The van der Waals surface area contributed by atoms with Gasteiger partial charge in [-0.3, -0.25) is 4.79 Å². The van der Waals surface area contributed by atoms with Crippen LogP contribution >= 0.6 is 0 Å². The fourth-order valence-electron chi connectivity index (χ4n) is 3.06. The highest BCUT2D eigenvalue weighted by Gasteiger charge is 2.52. The number of benzene rings is 2. The molecule has 0 spiro atoms. The van der Waals surface area contributed by atoms with E-state index in [1.165, 1.54) is 24.3 Å². The Morgan fingerprint density at radius 1 is 0.967 bits per heavy atom. The van der Waals surface area contributed by atoms with E-state index >= 15 is 0 Å². The first-order chi connectivity index (χ1) is 14.5. The predicted molar refractivity (Wildman–Crippen MR) is 100 cm³/mol. The van der Waals surface area contributed by atoms with Crippen molar-refractivity contribution < 1.29 is 43.5 Å². The molecular weight excluding hydrogens is 396 g/mol. The van der Waals surface area contributed by atoms with Crippen molar-refractivity contribution >= 4 is 18.4 Å². The molecule has 1 fully saturated rings. The fourth-order valence-corrected chi connectivity index (χ4v) is 3.06. The summed E-state index contributed by atoms with van der Waals surface area (Å²) in [6, 6.07) is 16.0. The van der Waals surface area contributed by atoms with Crippen LogP contribution in [0.1, 0.15) is 20.7 Å². The lowest BCUT2D eigenvalue weighted by Crippen LogP contribution is -2.46. The van der Waals surface area contributed by atoms with Gasteiger partial charge in [-0.1, -0.05) is 36.4 Å². The average molecular weight is 416 g/mol. The Hall–Kier alpha value is -3.27. The summed E-state index contributed by atoms with van der Waals surface area (Å²) in [4.78, 5) is 35.7. The van der Waals surface area contributed by atoms with Crippen molar-refractivity contribution in [2.45, 2.75) is 30.7 Å². The second-order valence-corrected chi connectivity index (χ2v) is 6.42. The van der Waals surface area contributed by atoms with E-state index in [0.29, 0.717) is 0 Å². The molecule has 30 heavy (non-hydrogen) atoms. The molecule has 158 valence electrons. The molecule has 1 saturated heterocycles. The fraction of sp³-hybridized carbons (Fsp3) is 0.286. The van der Waals surface area contributed by atoms with Crippen LogP contribution in [0.5, 0.6) is 0 Å². The average Bonchev–Trinajstić information content (AvgIpc) is 3.08. The zero-order valence-electron chi connectivity index (χ0n) is 15.7. The molecular formula is C21H20O9. The Balaban J connectivity index is 1.81. The van der Waals surface area contributed by atoms with E-state index in [1.54, 1.807) is 36.4 Å². The number of ether oxygens (including phenoxy) is 4. The van der Waals surface area contributed by atoms with Crippen molar-refractivity contribution in [1.29, 1.82) is 0 Å². The minimum absolute atomic E-state index is 0.0763. The Morgan fingerprint density at radius 3 is 2.07 bits per heavy atom. The molecule has 1 heterocycles. The summed E-state index contributed by atoms with van der Waals surface area (Å²) < 4.78 is 20.9. The van der Waals surface area contributed by atoms with Crippen molar-refractivity contribution in [2.24, 2.45) is 0 Å². The smallest absolute Gasteiger partial charge is 0.338 e. The maximum absolute atomic E-state index is 12.5. The molecule has 0 bridgehead atoms. The van der Waals surface area contributed by atoms with Gasteiger partial charge in [0.15, 0.2) is 24.6 Å². The topological polar surface area (TPSA) is 129 Å². The lowest BCUT2D eigenvalue weighted by atomic mass is 10.1. The molecule has 2 aromatic rings. The van der Waals surface area contributed by atoms with Crippen molar-refractivity contribution in [3.05, 3.63) is 71.8 Å². The van der Waals surface area contributed by atoms with Gasteiger partial charge >= 0.3 is 11.9 Å². The maximum atomic E-state index is 12.5. The van der Waals surface area contributed by atoms with Crippen LogP contribution in [0.3, 0.4) is 0 Å². The molecule has 0 aromatic heterocycles. The highest BCUT2D eigenvalue weighted by molar-refractivity contribution is 5.90. The second kappa shape index (κ2) is 9.97. The van der Waals surface area contributed by atoms with Crippen molar-refractivity contribution in [3.63, 3.8) is 0 Å². The summed E-state index contributed by atoms with van der Waals surface area (Å²) >= 11 is 0. The molecule has 0 saturated carbocycles. The zero-order valence-corrected chi connectivity index (χ0v) is 15.7. The first-order valence-electron chi connectivity index (χ1n) is 9.10. The van der Waals surface area contributed by atoms with Gasteiger partial charge in [-0.15, -0.1) is 0 Å². The van der Waals surface area contributed by atoms with Gasteiger partial charge in [-0.25, -0.2) is 9.59 Å². The van der Waals surface area contributed by atoms with Crippen LogP contribution in [0.25, 0.3) is 0 Å². The normalized spacial score (nSPS) is 23.9. The van der Waals surface area contributed by atoms with Gasteiger partial charge in [0.05, 0.1) is 17.7 Å². The van der Waals surface area contributed by atoms with Gasteiger partial charge in [0, 0.05) is 0 Å². The van der Waals surface area contributed by atoms with E-state index in [4.69, 9.17) is 18.9 Å². The van der Waals surface area contributed by atoms with Crippen LogP contribution in [0.15, 0.2) is 60.7 Å². The minimum Gasteiger partial charge on any atom is -0.455 e. The van der Waals surface area contributed by atoms with Gasteiger partial charge in [0.2, 0.25) is 0 Å². The molecule has 9 heteroatoms. The van der Waals surface area contributed by atoms with E-state index in [2.05, 4.69) is 0 Å². The number of esters is 2. The standard InChI is InChI=1S/C21H20O9/c22-11-15(28-19(24)13-7-3-1-4-8-13)16-17(18(27-12-23)21(26)29-16)30-20(25)14-9-5-2-6-10-14/h1-10,12,15-18,21-22,26H,11H2/t15-,16-,17+,18-,21-/m1/s1.